The zero-order valence-corrected chi connectivity index (χ0v) is 51.3. The van der Waals surface area contributed by atoms with Crippen LogP contribution in [0.4, 0.5) is 0 Å². The first kappa shape index (κ1) is 65.2. The van der Waals surface area contributed by atoms with Gasteiger partial charge < -0.3 is 85.3 Å². The Labute approximate surface area is 506 Å². The predicted molar refractivity (Wildman–Crippen MR) is 306 cm³/mol. The quantitative estimate of drug-likeness (QED) is 0.114. The van der Waals surface area contributed by atoms with Crippen LogP contribution in [0.1, 0.15) is 147 Å². The Morgan fingerprint density at radius 2 is 0.616 bits per heavy atom. The van der Waals surface area contributed by atoms with E-state index in [1.54, 1.807) is 21.3 Å². The summed E-state index contributed by atoms with van der Waals surface area (Å²) in [5, 5.41) is 0. The summed E-state index contributed by atoms with van der Waals surface area (Å²) in [4.78, 5) is 34.4. The van der Waals surface area contributed by atoms with E-state index in [0.717, 1.165) is 114 Å². The third kappa shape index (κ3) is 16.6. The third-order valence-electron chi connectivity index (χ3n) is 18.1. The van der Waals surface area contributed by atoms with Crippen molar-refractivity contribution in [2.24, 2.45) is 0 Å². The molecule has 4 saturated carbocycles. The number of ether oxygens (including phenoxy) is 18. The van der Waals surface area contributed by atoms with Gasteiger partial charge in [0.1, 0.15) is 93.1 Å². The first-order valence-electron chi connectivity index (χ1n) is 31.7. The molecule has 10 fully saturated rings. The van der Waals surface area contributed by atoms with Crippen LogP contribution in [0.2, 0.25) is 0 Å². The van der Waals surface area contributed by atoms with Gasteiger partial charge >= 0.3 is 17.9 Å². The van der Waals surface area contributed by atoms with Crippen molar-refractivity contribution < 1.29 is 99.6 Å². The molecule has 6 aliphatic heterocycles. The smallest absolute Gasteiger partial charge is 0.302 e. The van der Waals surface area contributed by atoms with Crippen LogP contribution in [0.25, 0.3) is 0 Å². The van der Waals surface area contributed by atoms with Crippen molar-refractivity contribution in [3.63, 3.8) is 0 Å². The summed E-state index contributed by atoms with van der Waals surface area (Å²) in [6.07, 6.45) is 13.9. The number of hydrogen-bond donors (Lipinski definition) is 0. The summed E-state index contributed by atoms with van der Waals surface area (Å²) < 4.78 is 109. The van der Waals surface area contributed by atoms with E-state index in [0.29, 0.717) is 32.7 Å². The van der Waals surface area contributed by atoms with Crippen LogP contribution in [0, 0.1) is 0 Å². The lowest BCUT2D eigenvalue weighted by atomic mass is 9.88. The third-order valence-corrected chi connectivity index (χ3v) is 18.1. The zero-order chi connectivity index (χ0) is 60.2. The van der Waals surface area contributed by atoms with E-state index in [4.69, 9.17) is 85.3 Å². The minimum Gasteiger partial charge on any atom is -0.463 e. The maximum Gasteiger partial charge on any atom is 0.302 e. The van der Waals surface area contributed by atoms with Gasteiger partial charge in [-0.15, -0.1) is 0 Å². The monoisotopic (exact) mass is 1210 g/mol. The van der Waals surface area contributed by atoms with E-state index < -0.39 is 54.0 Å². The van der Waals surface area contributed by atoms with Gasteiger partial charge in [0.25, 0.3) is 0 Å². The molecule has 4 aliphatic carbocycles. The van der Waals surface area contributed by atoms with Crippen LogP contribution in [-0.4, -0.2) is 188 Å². The Morgan fingerprint density at radius 1 is 0.349 bits per heavy atom. The average Bonchev–Trinajstić information content (AvgIpc) is 1.23. The molecule has 0 bridgehead atoms. The molecule has 14 atom stereocenters. The number of benzene rings is 2. The van der Waals surface area contributed by atoms with Crippen molar-refractivity contribution in [3.05, 3.63) is 71.8 Å². The number of methoxy groups -OCH3 is 3. The van der Waals surface area contributed by atoms with E-state index in [2.05, 4.69) is 0 Å². The summed E-state index contributed by atoms with van der Waals surface area (Å²) in [6.45, 7) is 5.92. The SMILES string of the molecule is COCC1OC(Cc2ccccc2)OC2C(COC(C)=O)OC(Cc3ccccc3)OC12.COCC1OC2(CCCC2)OC2C(COC(C)=O)OC3(CCCC3)OC12.COCC1OC2(CCCCC2)OC2C(COC(C)=O)OC3(CCCCC3)OC12. The molecule has 2 aromatic carbocycles. The van der Waals surface area contributed by atoms with Crippen molar-refractivity contribution in [2.45, 2.75) is 258 Å². The molecular weight excluding hydrogens is 1120 g/mol. The lowest BCUT2D eigenvalue weighted by molar-refractivity contribution is -0.447. The van der Waals surface area contributed by atoms with Crippen molar-refractivity contribution in [1.82, 2.24) is 0 Å². The molecule has 0 N–H and O–H groups in total. The zero-order valence-electron chi connectivity index (χ0n) is 51.3. The molecule has 2 aromatic rings. The van der Waals surface area contributed by atoms with Crippen molar-refractivity contribution in [1.29, 1.82) is 0 Å². The Hall–Kier alpha value is -3.75. The highest BCUT2D eigenvalue weighted by molar-refractivity contribution is 5.66. The maximum absolute atomic E-state index is 11.5. The van der Waals surface area contributed by atoms with Gasteiger partial charge in [0, 0.05) is 106 Å². The Kier molecular flexibility index (Phi) is 23.0. The second-order valence-corrected chi connectivity index (χ2v) is 24.7. The van der Waals surface area contributed by atoms with Crippen LogP contribution < -0.4 is 0 Å². The Balaban J connectivity index is 0.000000144. The number of fused-ring (bicyclic) bond motifs is 3. The molecule has 86 heavy (non-hydrogen) atoms. The highest BCUT2D eigenvalue weighted by atomic mass is 16.8. The van der Waals surface area contributed by atoms with Gasteiger partial charge in [-0.05, 0) is 62.5 Å². The molecule has 0 aromatic heterocycles. The Morgan fingerprint density at radius 3 is 0.919 bits per heavy atom. The van der Waals surface area contributed by atoms with Crippen LogP contribution >= 0.6 is 0 Å². The van der Waals surface area contributed by atoms with Crippen LogP contribution in [-0.2, 0) is 112 Å². The van der Waals surface area contributed by atoms with E-state index in [1.807, 2.05) is 60.7 Å². The van der Waals surface area contributed by atoms with E-state index >= 15 is 0 Å². The van der Waals surface area contributed by atoms with E-state index in [1.165, 1.54) is 33.6 Å². The molecule has 10 aliphatic rings. The maximum atomic E-state index is 11.5. The second-order valence-electron chi connectivity index (χ2n) is 24.7. The topological polar surface area (TPSA) is 217 Å². The Bertz CT molecular complexity index is 2410. The lowest BCUT2D eigenvalue weighted by Crippen LogP contribution is -2.69. The average molecular weight is 1210 g/mol. The fraction of sp³-hybridized carbons (Fsp3) is 0.769. The molecule has 0 amide bonds. The van der Waals surface area contributed by atoms with Gasteiger partial charge in [-0.2, -0.15) is 0 Å². The molecule has 14 unspecified atom stereocenters. The molecular formula is C65H94O21. The minimum absolute atomic E-state index is 0.0862. The van der Waals surface area contributed by atoms with Crippen LogP contribution in [0.3, 0.4) is 0 Å². The largest absolute Gasteiger partial charge is 0.463 e. The molecule has 12 rings (SSSR count). The van der Waals surface area contributed by atoms with Crippen molar-refractivity contribution in [2.75, 3.05) is 61.0 Å². The van der Waals surface area contributed by atoms with Gasteiger partial charge in [-0.1, -0.05) is 73.5 Å². The number of esters is 3. The molecule has 21 nitrogen and oxygen atoms in total. The summed E-state index contributed by atoms with van der Waals surface area (Å²) in [6, 6.07) is 20.0. The molecule has 4 spiro atoms. The molecule has 0 radical (unpaired) electrons. The first-order valence-corrected chi connectivity index (χ1v) is 31.7. The summed E-state index contributed by atoms with van der Waals surface area (Å²) in [7, 11) is 5.00. The van der Waals surface area contributed by atoms with Gasteiger partial charge in [-0.25, -0.2) is 0 Å². The van der Waals surface area contributed by atoms with E-state index in [9.17, 15) is 14.4 Å². The van der Waals surface area contributed by atoms with Gasteiger partial charge in [0.2, 0.25) is 0 Å². The number of carbonyl (C=O) groups is 3. The minimum atomic E-state index is -0.639. The number of rotatable bonds is 16. The van der Waals surface area contributed by atoms with Crippen molar-refractivity contribution >= 4 is 17.9 Å². The molecule has 6 saturated heterocycles. The highest BCUT2D eigenvalue weighted by Crippen LogP contribution is 2.50. The fourth-order valence-electron chi connectivity index (χ4n) is 14.2. The van der Waals surface area contributed by atoms with Crippen molar-refractivity contribution in [3.8, 4) is 0 Å². The summed E-state index contributed by atoms with van der Waals surface area (Å²) >= 11 is 0. The van der Waals surface area contributed by atoms with Crippen LogP contribution in [0.15, 0.2) is 60.7 Å². The molecule has 480 valence electrons. The predicted octanol–water partition coefficient (Wildman–Crippen LogP) is 8.29. The fourth-order valence-corrected chi connectivity index (χ4v) is 14.2. The number of hydrogen-bond acceptors (Lipinski definition) is 21. The number of carbonyl (C=O) groups excluding carboxylic acids is 3. The highest BCUT2D eigenvalue weighted by Gasteiger charge is 2.61. The first-order chi connectivity index (χ1) is 41.7. The van der Waals surface area contributed by atoms with Gasteiger partial charge in [0.15, 0.2) is 35.7 Å². The summed E-state index contributed by atoms with van der Waals surface area (Å²) in [5.41, 5.74) is 2.19. The molecule has 21 heteroatoms. The van der Waals surface area contributed by atoms with Crippen LogP contribution in [0.5, 0.6) is 0 Å². The van der Waals surface area contributed by atoms with Gasteiger partial charge in [-0.3, -0.25) is 14.4 Å². The normalized spacial score (nSPS) is 34.5. The van der Waals surface area contributed by atoms with E-state index in [-0.39, 0.29) is 92.7 Å². The van der Waals surface area contributed by atoms with Gasteiger partial charge in [0.05, 0.1) is 19.8 Å². The lowest BCUT2D eigenvalue weighted by Gasteiger charge is -2.57. The molecule has 6 heterocycles. The second kappa shape index (κ2) is 30.4. The standard InChI is InChI=1S/C25H30O7.C21H34O7.C19H30O7/c1-17(26)28-16-21-25-24(31-23(30-21)14-19-11-7-4-8-12-19)20(15-27-2)29-22(32-25)13-18-9-5-3-6-10-18;1-15(22)24-14-17-19-18(27-21(26-17)11-7-4-8-12-21)16(13-23-2)25-20(28-19)9-5-3-6-10-20;1-13(20)22-12-15-17-16(25-19(24-15)9-5-6-10-19)14(11-21-2)23-18(26-17)7-3-4-8-18/h3-12,20-25H,13-16H2,1-2H3;16-19H,3-14H2,1-2H3;14-17H,3-12H2,1-2H3. The summed E-state index contributed by atoms with van der Waals surface area (Å²) in [5.74, 6) is -3.44.